The van der Waals surface area contributed by atoms with Crippen LogP contribution in [0.4, 0.5) is 10.5 Å². The molecule has 1 saturated carbocycles. The fourth-order valence-electron chi connectivity index (χ4n) is 9.35. The van der Waals surface area contributed by atoms with Crippen LogP contribution in [-0.4, -0.2) is 102 Å². The van der Waals surface area contributed by atoms with E-state index in [0.717, 1.165) is 47.9 Å². The first-order chi connectivity index (χ1) is 30.6. The molecule has 1 fully saturated rings. The molecule has 340 valence electrons. The molecule has 3 aliphatic rings. The first-order valence-electron chi connectivity index (χ1n) is 21.8. The summed E-state index contributed by atoms with van der Waals surface area (Å²) in [6.07, 6.45) is 7.64. The molecule has 6 rings (SSSR count). The van der Waals surface area contributed by atoms with E-state index in [-0.39, 0.29) is 82.7 Å². The van der Waals surface area contributed by atoms with E-state index in [4.69, 9.17) is 33.7 Å². The number of non-ortho nitro benzene ring substituents is 1. The molecule has 63 heavy (non-hydrogen) atoms. The lowest BCUT2D eigenvalue weighted by Gasteiger charge is -2.59. The molecular formula is C48H61N3O12. The number of benzene rings is 3. The number of carbonyl (C=O) groups is 1. The molecule has 0 radical (unpaired) electrons. The third-order valence-corrected chi connectivity index (χ3v) is 12.4. The lowest BCUT2D eigenvalue weighted by molar-refractivity contribution is -0.384. The number of nitro benzene ring substituents is 1. The number of nitro groups is 1. The number of nitrogens with zero attached hydrogens (tertiary/aromatic N) is 3. The molecule has 3 aromatic carbocycles. The number of ether oxygens (including phenoxy) is 5. The third-order valence-electron chi connectivity index (χ3n) is 12.4. The van der Waals surface area contributed by atoms with Gasteiger partial charge in [0, 0.05) is 49.8 Å². The zero-order valence-electron chi connectivity index (χ0n) is 36.5. The van der Waals surface area contributed by atoms with Crippen molar-refractivity contribution in [2.24, 2.45) is 22.9 Å². The van der Waals surface area contributed by atoms with Crippen molar-refractivity contribution in [2.45, 2.75) is 83.1 Å². The summed E-state index contributed by atoms with van der Waals surface area (Å²) >= 11 is 0. The summed E-state index contributed by atoms with van der Waals surface area (Å²) in [7, 11) is 1.31. The van der Waals surface area contributed by atoms with E-state index < -0.39 is 28.8 Å². The Morgan fingerprint density at radius 2 is 1.70 bits per heavy atom. The zero-order chi connectivity index (χ0) is 44.9. The first-order valence-corrected chi connectivity index (χ1v) is 21.8. The molecule has 0 bridgehead atoms. The minimum absolute atomic E-state index is 0.00103. The highest BCUT2D eigenvalue weighted by Crippen LogP contribution is 2.62. The Morgan fingerprint density at radius 1 is 0.968 bits per heavy atom. The van der Waals surface area contributed by atoms with Crippen molar-refractivity contribution in [1.29, 1.82) is 0 Å². The number of carbonyl (C=O) groups excluding carboxylic acids is 1. The topological polar surface area (TPSA) is 192 Å². The van der Waals surface area contributed by atoms with Crippen molar-refractivity contribution in [3.63, 3.8) is 0 Å². The normalized spacial score (nSPS) is 22.9. The van der Waals surface area contributed by atoms with Crippen molar-refractivity contribution < 1.29 is 53.6 Å². The summed E-state index contributed by atoms with van der Waals surface area (Å²) in [5.41, 5.74) is 5.18. The van der Waals surface area contributed by atoms with Crippen LogP contribution in [0.15, 0.2) is 90.1 Å². The van der Waals surface area contributed by atoms with Gasteiger partial charge in [0.15, 0.2) is 0 Å². The number of oxime groups is 1. The van der Waals surface area contributed by atoms with Crippen molar-refractivity contribution in [1.82, 2.24) is 4.90 Å². The predicted molar refractivity (Wildman–Crippen MR) is 236 cm³/mol. The molecule has 6 atom stereocenters. The monoisotopic (exact) mass is 871 g/mol. The van der Waals surface area contributed by atoms with Gasteiger partial charge in [-0.05, 0) is 116 Å². The number of aliphatic hydroxyl groups excluding tert-OH is 3. The number of hydrogen-bond acceptors (Lipinski definition) is 13. The van der Waals surface area contributed by atoms with Crippen LogP contribution in [-0.2, 0) is 25.7 Å². The Labute approximate surface area is 369 Å². The molecule has 0 aromatic heterocycles. The molecule has 2 aliphatic carbocycles. The van der Waals surface area contributed by atoms with Gasteiger partial charge in [0.25, 0.3) is 5.69 Å². The zero-order valence-corrected chi connectivity index (χ0v) is 36.5. The van der Waals surface area contributed by atoms with E-state index in [1.807, 2.05) is 43.3 Å². The van der Waals surface area contributed by atoms with Crippen LogP contribution in [0.3, 0.4) is 0 Å². The summed E-state index contributed by atoms with van der Waals surface area (Å²) in [5, 5.41) is 45.5. The lowest BCUT2D eigenvalue weighted by atomic mass is 9.55. The van der Waals surface area contributed by atoms with Crippen LogP contribution in [0, 0.1) is 41.7 Å². The van der Waals surface area contributed by atoms with Gasteiger partial charge in [-0.2, -0.15) is 0 Å². The van der Waals surface area contributed by atoms with Gasteiger partial charge < -0.3 is 43.8 Å². The second kappa shape index (κ2) is 22.3. The molecule has 0 spiro atoms. The van der Waals surface area contributed by atoms with E-state index in [2.05, 4.69) is 19.6 Å². The molecule has 3 aromatic rings. The second-order valence-corrected chi connectivity index (χ2v) is 16.3. The largest absolute Gasteiger partial charge is 0.459 e. The van der Waals surface area contributed by atoms with Crippen LogP contribution < -0.4 is 9.47 Å². The van der Waals surface area contributed by atoms with Gasteiger partial charge in [-0.25, -0.2) is 4.79 Å². The number of amides is 1. The highest BCUT2D eigenvalue weighted by Gasteiger charge is 2.65. The average molecular weight is 872 g/mol. The van der Waals surface area contributed by atoms with Gasteiger partial charge in [0.05, 0.1) is 50.1 Å². The van der Waals surface area contributed by atoms with Crippen molar-refractivity contribution in [2.75, 3.05) is 53.3 Å². The minimum Gasteiger partial charge on any atom is -0.459 e. The van der Waals surface area contributed by atoms with Crippen molar-refractivity contribution in [3.05, 3.63) is 117 Å². The van der Waals surface area contributed by atoms with E-state index in [1.54, 1.807) is 18.2 Å². The Bertz CT molecular complexity index is 2090. The standard InChI is InChI=1S/C48H61N3O12/c1-5-24-60-48-44(50(47(55)58-4)20-25-59-26-23-54)30-42(49-61-31-34-13-15-36(16-14-34)51(56)57)40-28-35(10-6-8-21-52)39(11-7-9-22-53)45(46(40)48)41-29-38(18-19-43(41)63-48)62-37-17-12-32(2)33(3)27-37/h5,12-19,27-29,35,39,44-46,52-54H,1,6-11,20-26,30-31H2,2-4H3. The van der Waals surface area contributed by atoms with Crippen LogP contribution in [0.1, 0.15) is 73.1 Å². The predicted octanol–water partition coefficient (Wildman–Crippen LogP) is 7.92. The van der Waals surface area contributed by atoms with Gasteiger partial charge in [-0.1, -0.05) is 36.2 Å². The Kier molecular flexibility index (Phi) is 16.7. The van der Waals surface area contributed by atoms with Gasteiger partial charge in [0.2, 0.25) is 5.79 Å². The highest BCUT2D eigenvalue weighted by atomic mass is 16.7. The fraction of sp³-hybridized carbons (Fsp3) is 0.500. The van der Waals surface area contributed by atoms with Gasteiger partial charge in [0.1, 0.15) is 29.9 Å². The van der Waals surface area contributed by atoms with Crippen molar-refractivity contribution >= 4 is 17.5 Å². The summed E-state index contributed by atoms with van der Waals surface area (Å²) in [6.45, 7) is 8.30. The van der Waals surface area contributed by atoms with E-state index in [0.29, 0.717) is 41.4 Å². The smallest absolute Gasteiger partial charge is 0.410 e. The fourth-order valence-corrected chi connectivity index (χ4v) is 9.35. The van der Waals surface area contributed by atoms with Gasteiger partial charge in [-0.3, -0.25) is 15.0 Å². The summed E-state index contributed by atoms with van der Waals surface area (Å²) in [4.78, 5) is 32.5. The maximum absolute atomic E-state index is 14.0. The molecular weight excluding hydrogens is 811 g/mol. The van der Waals surface area contributed by atoms with Crippen LogP contribution >= 0.6 is 0 Å². The Hall–Kier alpha value is -5.32. The number of methoxy groups -OCH3 is 1. The Morgan fingerprint density at radius 3 is 2.38 bits per heavy atom. The number of fused-ring (bicyclic) bond motifs is 2. The number of hydrogen-bond donors (Lipinski definition) is 3. The molecule has 15 heteroatoms. The maximum Gasteiger partial charge on any atom is 0.410 e. The Balaban J connectivity index is 1.56. The first kappa shape index (κ1) is 47.2. The number of unbranched alkanes of at least 4 members (excludes halogenated alkanes) is 2. The summed E-state index contributed by atoms with van der Waals surface area (Å²) in [5.74, 6) is -0.549. The molecule has 1 amide bonds. The molecule has 1 heterocycles. The number of aryl methyl sites for hydroxylation is 2. The second-order valence-electron chi connectivity index (χ2n) is 16.3. The minimum atomic E-state index is -1.53. The lowest BCUT2D eigenvalue weighted by Crippen LogP contribution is -2.70. The van der Waals surface area contributed by atoms with Gasteiger partial charge >= 0.3 is 6.09 Å². The van der Waals surface area contributed by atoms with Crippen molar-refractivity contribution in [3.8, 4) is 17.2 Å². The quantitative estimate of drug-likeness (QED) is 0.0362. The molecule has 6 unspecified atom stereocenters. The van der Waals surface area contributed by atoms with Crippen LogP contribution in [0.5, 0.6) is 17.2 Å². The SMILES string of the molecule is C=CCOC12Oc3ccc(Oc4ccc(C)c(C)c4)cc3C3C(CCCCO)C(CCCCO)C=C(C(=NOCc4ccc([N+](=O)[O-])cc4)CC1N(CCOCCO)C(=O)OC)C32. The molecule has 1 aliphatic heterocycles. The number of aliphatic hydroxyl groups is 3. The third kappa shape index (κ3) is 10.9. The molecule has 3 N–H and O–H groups in total. The summed E-state index contributed by atoms with van der Waals surface area (Å²) in [6, 6.07) is 17.0. The summed E-state index contributed by atoms with van der Waals surface area (Å²) < 4.78 is 31.9. The average Bonchev–Trinajstić information content (AvgIpc) is 3.28. The highest BCUT2D eigenvalue weighted by molar-refractivity contribution is 6.03. The van der Waals surface area contributed by atoms with E-state index >= 15 is 0 Å². The number of rotatable bonds is 23. The molecule has 15 nitrogen and oxygen atoms in total. The van der Waals surface area contributed by atoms with E-state index in [1.165, 1.54) is 24.1 Å². The van der Waals surface area contributed by atoms with Crippen LogP contribution in [0.2, 0.25) is 0 Å². The van der Waals surface area contributed by atoms with Crippen LogP contribution in [0.25, 0.3) is 0 Å². The van der Waals surface area contributed by atoms with E-state index in [9.17, 15) is 30.2 Å². The number of allylic oxidation sites excluding steroid dienone is 1. The van der Waals surface area contributed by atoms with Gasteiger partial charge in [-0.15, -0.1) is 6.58 Å². The maximum atomic E-state index is 14.0. The molecule has 0 saturated heterocycles.